The number of phenols is 2. The van der Waals surface area contributed by atoms with Crippen LogP contribution in [-0.4, -0.2) is 10.2 Å². The zero-order chi connectivity index (χ0) is 23.3. The fourth-order valence-electron chi connectivity index (χ4n) is 4.24. The monoisotopic (exact) mass is 450 g/mol. The average Bonchev–Trinajstić information content (AvgIpc) is 3.26. The first-order valence-corrected chi connectivity index (χ1v) is 10.7. The Morgan fingerprint density at radius 1 is 0.706 bits per heavy atom. The molecule has 1 aliphatic rings. The second-order valence-electron chi connectivity index (χ2n) is 8.00. The molecular weight excluding hydrogens is 432 g/mol. The molecule has 0 unspecified atom stereocenters. The summed E-state index contributed by atoms with van der Waals surface area (Å²) in [6, 6.07) is 28.0. The van der Waals surface area contributed by atoms with Crippen LogP contribution in [0.2, 0.25) is 0 Å². The molecule has 1 aromatic heterocycles. The van der Waals surface area contributed by atoms with Crippen molar-refractivity contribution in [2.75, 3.05) is 0 Å². The van der Waals surface area contributed by atoms with Gasteiger partial charge in [0.1, 0.15) is 22.5 Å². The Bertz CT molecular complexity index is 1530. The quantitative estimate of drug-likeness (QED) is 0.375. The molecule has 166 valence electrons. The van der Waals surface area contributed by atoms with Gasteiger partial charge in [-0.15, -0.1) is 0 Å². The highest BCUT2D eigenvalue weighted by molar-refractivity contribution is 5.90. The maximum absolute atomic E-state index is 13.0. The van der Waals surface area contributed by atoms with E-state index in [9.17, 15) is 15.0 Å². The molecule has 0 radical (unpaired) electrons. The average molecular weight is 450 g/mol. The summed E-state index contributed by atoms with van der Waals surface area (Å²) in [4.78, 5) is 13.0. The molecule has 34 heavy (non-hydrogen) atoms. The Morgan fingerprint density at radius 2 is 1.32 bits per heavy atom. The molecule has 0 fully saturated rings. The minimum absolute atomic E-state index is 0.00167. The molecule has 2 heterocycles. The molecule has 6 heteroatoms. The van der Waals surface area contributed by atoms with Crippen molar-refractivity contribution in [3.05, 3.63) is 118 Å². The molecule has 1 aliphatic heterocycles. The number of benzene rings is 4. The molecule has 6 nitrogen and oxygen atoms in total. The van der Waals surface area contributed by atoms with Gasteiger partial charge in [0.15, 0.2) is 16.9 Å². The van der Waals surface area contributed by atoms with Crippen molar-refractivity contribution in [1.82, 2.24) is 0 Å². The maximum Gasteiger partial charge on any atom is 0.305 e. The Balaban J connectivity index is 1.55. The highest BCUT2D eigenvalue weighted by atomic mass is 16.7. The van der Waals surface area contributed by atoms with Crippen molar-refractivity contribution in [3.63, 3.8) is 0 Å². The molecular formula is C28H18O6. The third kappa shape index (κ3) is 3.00. The molecule has 4 aromatic carbocycles. The third-order valence-electron chi connectivity index (χ3n) is 5.87. The van der Waals surface area contributed by atoms with Crippen molar-refractivity contribution in [1.29, 1.82) is 0 Å². The van der Waals surface area contributed by atoms with E-state index in [0.29, 0.717) is 11.3 Å². The summed E-state index contributed by atoms with van der Waals surface area (Å²) in [6.45, 7) is 0. The van der Waals surface area contributed by atoms with Gasteiger partial charge in [0.2, 0.25) is 5.75 Å². The van der Waals surface area contributed by atoms with Gasteiger partial charge in [0.05, 0.1) is 0 Å². The second kappa shape index (κ2) is 7.42. The van der Waals surface area contributed by atoms with Crippen molar-refractivity contribution in [2.45, 2.75) is 5.79 Å². The van der Waals surface area contributed by atoms with Gasteiger partial charge in [0, 0.05) is 28.8 Å². The second-order valence-corrected chi connectivity index (χ2v) is 8.00. The van der Waals surface area contributed by atoms with E-state index in [4.69, 9.17) is 13.9 Å². The lowest BCUT2D eigenvalue weighted by atomic mass is 9.97. The third-order valence-corrected chi connectivity index (χ3v) is 5.87. The van der Waals surface area contributed by atoms with E-state index >= 15 is 0 Å². The van der Waals surface area contributed by atoms with E-state index < -0.39 is 11.2 Å². The summed E-state index contributed by atoms with van der Waals surface area (Å²) in [6.07, 6.45) is 0. The van der Waals surface area contributed by atoms with Gasteiger partial charge >= 0.3 is 5.79 Å². The zero-order valence-electron chi connectivity index (χ0n) is 17.8. The Morgan fingerprint density at radius 3 is 1.94 bits per heavy atom. The largest absolute Gasteiger partial charge is 0.508 e. The van der Waals surface area contributed by atoms with Gasteiger partial charge in [-0.05, 0) is 24.3 Å². The van der Waals surface area contributed by atoms with E-state index in [1.165, 1.54) is 18.2 Å². The zero-order valence-corrected chi connectivity index (χ0v) is 17.8. The predicted octanol–water partition coefficient (Wildman–Crippen LogP) is 5.54. The van der Waals surface area contributed by atoms with Crippen molar-refractivity contribution in [3.8, 4) is 34.3 Å². The summed E-state index contributed by atoms with van der Waals surface area (Å²) < 4.78 is 18.7. The molecule has 0 amide bonds. The van der Waals surface area contributed by atoms with E-state index in [1.54, 1.807) is 18.2 Å². The molecule has 0 bridgehead atoms. The van der Waals surface area contributed by atoms with Crippen LogP contribution in [-0.2, 0) is 5.79 Å². The SMILES string of the molecule is O=c1cc(-c2ccc(O)cc2)oc2cc3c(c(O)c12)OC(c1ccccc1)(c1ccccc1)O3. The number of fused-ring (bicyclic) bond motifs is 2. The summed E-state index contributed by atoms with van der Waals surface area (Å²) in [7, 11) is 0. The molecule has 2 N–H and O–H groups in total. The summed E-state index contributed by atoms with van der Waals surface area (Å²) in [5, 5.41) is 20.6. The molecule has 0 spiro atoms. The number of rotatable bonds is 3. The molecule has 0 saturated heterocycles. The van der Waals surface area contributed by atoms with Crippen LogP contribution in [0.25, 0.3) is 22.3 Å². The van der Waals surface area contributed by atoms with E-state index in [2.05, 4.69) is 0 Å². The summed E-state index contributed by atoms with van der Waals surface area (Å²) >= 11 is 0. The van der Waals surface area contributed by atoms with Crippen LogP contribution in [0.4, 0.5) is 0 Å². The Kier molecular flexibility index (Phi) is 4.35. The van der Waals surface area contributed by atoms with Crippen LogP contribution in [0.5, 0.6) is 23.0 Å². The highest BCUT2D eigenvalue weighted by Gasteiger charge is 2.47. The number of phenolic OH excluding ortho intramolecular Hbond substituents is 2. The van der Waals surface area contributed by atoms with Crippen LogP contribution in [0, 0.1) is 0 Å². The van der Waals surface area contributed by atoms with Gasteiger partial charge in [0.25, 0.3) is 0 Å². The fraction of sp³-hybridized carbons (Fsp3) is 0.0357. The van der Waals surface area contributed by atoms with Crippen LogP contribution < -0.4 is 14.9 Å². The normalized spacial score (nSPS) is 13.8. The van der Waals surface area contributed by atoms with E-state index in [-0.39, 0.29) is 34.0 Å². The first kappa shape index (κ1) is 19.9. The number of aromatic hydroxyl groups is 2. The number of hydrogen-bond donors (Lipinski definition) is 2. The molecule has 0 saturated carbocycles. The van der Waals surface area contributed by atoms with Crippen LogP contribution in [0.3, 0.4) is 0 Å². The Labute approximate surface area is 193 Å². The van der Waals surface area contributed by atoms with Crippen LogP contribution in [0.1, 0.15) is 11.1 Å². The number of ether oxygens (including phenoxy) is 2. The number of hydrogen-bond acceptors (Lipinski definition) is 6. The molecule has 6 rings (SSSR count). The maximum atomic E-state index is 13.0. The summed E-state index contributed by atoms with van der Waals surface area (Å²) in [5.41, 5.74) is 1.80. The van der Waals surface area contributed by atoms with Gasteiger partial charge in [-0.2, -0.15) is 0 Å². The molecule has 5 aromatic rings. The standard InChI is InChI=1S/C28H18O6/c29-20-13-11-17(12-14-20)22-15-21(30)25-23(32-22)16-24-27(26(25)31)34-28(33-24,18-7-3-1-4-8-18)19-9-5-2-6-10-19/h1-16,29,31H. The van der Waals surface area contributed by atoms with Crippen LogP contribution in [0.15, 0.2) is 106 Å². The fourth-order valence-corrected chi connectivity index (χ4v) is 4.24. The lowest BCUT2D eigenvalue weighted by Gasteiger charge is -2.28. The van der Waals surface area contributed by atoms with Gasteiger partial charge < -0.3 is 24.1 Å². The Hall–Kier alpha value is -4.71. The molecule has 0 atom stereocenters. The minimum atomic E-state index is -1.34. The molecule has 0 aliphatic carbocycles. The van der Waals surface area contributed by atoms with Crippen LogP contribution >= 0.6 is 0 Å². The van der Waals surface area contributed by atoms with Gasteiger partial charge in [-0.25, -0.2) is 0 Å². The predicted molar refractivity (Wildman–Crippen MR) is 126 cm³/mol. The smallest absolute Gasteiger partial charge is 0.305 e. The lowest BCUT2D eigenvalue weighted by molar-refractivity contribution is -0.0466. The first-order valence-electron chi connectivity index (χ1n) is 10.7. The van der Waals surface area contributed by atoms with Crippen molar-refractivity contribution < 1.29 is 24.1 Å². The summed E-state index contributed by atoms with van der Waals surface area (Å²) in [5.74, 6) is -0.956. The topological polar surface area (TPSA) is 89.1 Å². The van der Waals surface area contributed by atoms with E-state index in [0.717, 1.165) is 11.1 Å². The lowest BCUT2D eigenvalue weighted by Crippen LogP contribution is -2.36. The minimum Gasteiger partial charge on any atom is -0.508 e. The van der Waals surface area contributed by atoms with Crippen molar-refractivity contribution in [2.24, 2.45) is 0 Å². The van der Waals surface area contributed by atoms with Gasteiger partial charge in [-0.3, -0.25) is 4.79 Å². The van der Waals surface area contributed by atoms with E-state index in [1.807, 2.05) is 60.7 Å². The van der Waals surface area contributed by atoms with Gasteiger partial charge in [-0.1, -0.05) is 60.7 Å². The first-order chi connectivity index (χ1) is 16.5. The van der Waals surface area contributed by atoms with Crippen molar-refractivity contribution >= 4 is 11.0 Å². The highest BCUT2D eigenvalue weighted by Crippen LogP contribution is 2.53.